The standard InChI is InChI=1S/C20H12O5/c1-11(21)13-7-9-18(25-19(13)22)16-10-15-14-5-3-2-4-12(14)6-8-17(15)24-20(16)23/h2-10H,1H3. The minimum Gasteiger partial charge on any atom is -0.422 e. The third-order valence-corrected chi connectivity index (χ3v) is 4.11. The predicted molar refractivity (Wildman–Crippen MR) is 94.0 cm³/mol. The molecule has 0 aliphatic heterocycles. The van der Waals surface area contributed by atoms with Gasteiger partial charge < -0.3 is 8.83 Å². The van der Waals surface area contributed by atoms with Crippen molar-refractivity contribution in [3.05, 3.63) is 81.0 Å². The summed E-state index contributed by atoms with van der Waals surface area (Å²) in [6.45, 7) is 1.28. The number of Topliss-reactive ketones (excluding diaryl/α,β-unsaturated/α-hetero) is 1. The molecule has 2 heterocycles. The van der Waals surface area contributed by atoms with Crippen molar-refractivity contribution >= 4 is 27.5 Å². The highest BCUT2D eigenvalue weighted by Crippen LogP contribution is 2.27. The number of fused-ring (bicyclic) bond motifs is 3. The van der Waals surface area contributed by atoms with Crippen molar-refractivity contribution in [1.29, 1.82) is 0 Å². The van der Waals surface area contributed by atoms with Gasteiger partial charge in [-0.3, -0.25) is 4.79 Å². The number of rotatable bonds is 2. The van der Waals surface area contributed by atoms with Crippen molar-refractivity contribution in [3.63, 3.8) is 0 Å². The molecule has 4 aromatic rings. The van der Waals surface area contributed by atoms with Gasteiger partial charge in [0, 0.05) is 5.39 Å². The highest BCUT2D eigenvalue weighted by molar-refractivity contribution is 6.06. The first-order valence-corrected chi connectivity index (χ1v) is 7.65. The number of benzene rings is 2. The molecule has 0 saturated heterocycles. The summed E-state index contributed by atoms with van der Waals surface area (Å²) < 4.78 is 10.5. The Morgan fingerprint density at radius 2 is 1.64 bits per heavy atom. The molecule has 2 aromatic carbocycles. The zero-order valence-corrected chi connectivity index (χ0v) is 13.2. The molecule has 0 N–H and O–H groups in total. The maximum absolute atomic E-state index is 12.3. The number of hydrogen-bond acceptors (Lipinski definition) is 5. The molecule has 5 nitrogen and oxygen atoms in total. The van der Waals surface area contributed by atoms with Crippen LogP contribution in [0.4, 0.5) is 0 Å². The minimum absolute atomic E-state index is 0.0561. The van der Waals surface area contributed by atoms with E-state index in [9.17, 15) is 14.4 Å². The molecule has 4 rings (SSSR count). The lowest BCUT2D eigenvalue weighted by Gasteiger charge is -2.05. The number of hydrogen-bond donors (Lipinski definition) is 0. The fourth-order valence-corrected chi connectivity index (χ4v) is 2.87. The van der Waals surface area contributed by atoms with Gasteiger partial charge in [-0.2, -0.15) is 0 Å². The Morgan fingerprint density at radius 1 is 0.840 bits per heavy atom. The van der Waals surface area contributed by atoms with Crippen molar-refractivity contribution in [2.24, 2.45) is 0 Å². The Hall–Kier alpha value is -3.47. The van der Waals surface area contributed by atoms with Gasteiger partial charge in [-0.1, -0.05) is 30.3 Å². The quantitative estimate of drug-likeness (QED) is 0.317. The van der Waals surface area contributed by atoms with Crippen LogP contribution in [-0.4, -0.2) is 5.78 Å². The van der Waals surface area contributed by atoms with Gasteiger partial charge in [0.05, 0.1) is 0 Å². The second-order valence-electron chi connectivity index (χ2n) is 5.70. The third-order valence-electron chi connectivity index (χ3n) is 4.11. The van der Waals surface area contributed by atoms with E-state index in [2.05, 4.69) is 0 Å². The first kappa shape index (κ1) is 15.1. The van der Waals surface area contributed by atoms with Crippen molar-refractivity contribution < 1.29 is 13.6 Å². The molecule has 0 fully saturated rings. The molecule has 0 spiro atoms. The maximum atomic E-state index is 12.3. The molecule has 0 bridgehead atoms. The second-order valence-corrected chi connectivity index (χ2v) is 5.70. The van der Waals surface area contributed by atoms with Gasteiger partial charge in [0.25, 0.3) is 0 Å². The molecule has 0 aliphatic rings. The van der Waals surface area contributed by atoms with Crippen molar-refractivity contribution in [1.82, 2.24) is 0 Å². The Bertz CT molecular complexity index is 1260. The molecule has 25 heavy (non-hydrogen) atoms. The second kappa shape index (κ2) is 5.56. The molecule has 0 unspecified atom stereocenters. The largest absolute Gasteiger partial charge is 0.422 e. The lowest BCUT2D eigenvalue weighted by Crippen LogP contribution is -2.12. The fourth-order valence-electron chi connectivity index (χ4n) is 2.87. The predicted octanol–water partition coefficient (Wildman–Crippen LogP) is 3.77. The summed E-state index contributed by atoms with van der Waals surface area (Å²) in [6.07, 6.45) is 0. The molecule has 122 valence electrons. The highest BCUT2D eigenvalue weighted by atomic mass is 16.4. The molecule has 0 atom stereocenters. The zero-order chi connectivity index (χ0) is 17.6. The third kappa shape index (κ3) is 2.46. The first-order chi connectivity index (χ1) is 12.0. The average Bonchev–Trinajstić information content (AvgIpc) is 2.60. The summed E-state index contributed by atoms with van der Waals surface area (Å²) in [4.78, 5) is 35.6. The van der Waals surface area contributed by atoms with Crippen LogP contribution in [0.1, 0.15) is 17.3 Å². The summed E-state index contributed by atoms with van der Waals surface area (Å²) in [5.74, 6) is -0.324. The van der Waals surface area contributed by atoms with E-state index < -0.39 is 17.0 Å². The van der Waals surface area contributed by atoms with E-state index in [0.29, 0.717) is 5.58 Å². The number of carbonyl (C=O) groups excluding carboxylic acids is 1. The van der Waals surface area contributed by atoms with E-state index in [-0.39, 0.29) is 16.9 Å². The monoisotopic (exact) mass is 332 g/mol. The van der Waals surface area contributed by atoms with Crippen LogP contribution in [0.15, 0.2) is 73.0 Å². The lowest BCUT2D eigenvalue weighted by atomic mass is 10.0. The Kier molecular flexibility index (Phi) is 3.35. The SMILES string of the molecule is CC(=O)c1ccc(-c2cc3c(ccc4ccccc43)oc2=O)oc1=O. The normalized spacial score (nSPS) is 11.1. The number of carbonyl (C=O) groups is 1. The first-order valence-electron chi connectivity index (χ1n) is 7.65. The summed E-state index contributed by atoms with van der Waals surface area (Å²) in [7, 11) is 0. The maximum Gasteiger partial charge on any atom is 0.347 e. The molecule has 0 radical (unpaired) electrons. The topological polar surface area (TPSA) is 77.5 Å². The van der Waals surface area contributed by atoms with E-state index in [1.165, 1.54) is 19.1 Å². The molecule has 0 amide bonds. The summed E-state index contributed by atoms with van der Waals surface area (Å²) in [5.41, 5.74) is -0.852. The van der Waals surface area contributed by atoms with Crippen molar-refractivity contribution in [2.45, 2.75) is 6.92 Å². The van der Waals surface area contributed by atoms with Gasteiger partial charge in [0.15, 0.2) is 5.78 Å². The van der Waals surface area contributed by atoms with E-state index >= 15 is 0 Å². The average molecular weight is 332 g/mol. The van der Waals surface area contributed by atoms with Gasteiger partial charge in [-0.15, -0.1) is 0 Å². The van der Waals surface area contributed by atoms with Gasteiger partial charge >= 0.3 is 11.3 Å². The van der Waals surface area contributed by atoms with Gasteiger partial charge in [0.1, 0.15) is 22.5 Å². The van der Waals surface area contributed by atoms with Crippen LogP contribution >= 0.6 is 0 Å². The van der Waals surface area contributed by atoms with E-state index in [1.54, 1.807) is 12.1 Å². The van der Waals surface area contributed by atoms with Gasteiger partial charge in [-0.25, -0.2) is 9.59 Å². The van der Waals surface area contributed by atoms with Crippen LogP contribution in [0.2, 0.25) is 0 Å². The number of ketones is 1. The van der Waals surface area contributed by atoms with E-state index in [1.807, 2.05) is 30.3 Å². The summed E-state index contributed by atoms with van der Waals surface area (Å²) >= 11 is 0. The molecular formula is C20H12O5. The van der Waals surface area contributed by atoms with Crippen LogP contribution in [0.3, 0.4) is 0 Å². The molecule has 0 saturated carbocycles. The van der Waals surface area contributed by atoms with Crippen LogP contribution < -0.4 is 11.3 Å². The van der Waals surface area contributed by atoms with Crippen LogP contribution in [-0.2, 0) is 0 Å². The van der Waals surface area contributed by atoms with Crippen molar-refractivity contribution in [2.75, 3.05) is 0 Å². The molecule has 2 aromatic heterocycles. The van der Waals surface area contributed by atoms with E-state index in [4.69, 9.17) is 8.83 Å². The van der Waals surface area contributed by atoms with Crippen LogP contribution in [0.25, 0.3) is 33.1 Å². The summed E-state index contributed by atoms with van der Waals surface area (Å²) in [5, 5.41) is 2.67. The van der Waals surface area contributed by atoms with Crippen molar-refractivity contribution in [3.8, 4) is 11.3 Å². The zero-order valence-electron chi connectivity index (χ0n) is 13.2. The lowest BCUT2D eigenvalue weighted by molar-refractivity contribution is 0.101. The van der Waals surface area contributed by atoms with Gasteiger partial charge in [-0.05, 0) is 42.0 Å². The van der Waals surface area contributed by atoms with Crippen LogP contribution in [0.5, 0.6) is 0 Å². The molecule has 5 heteroatoms. The fraction of sp³-hybridized carbons (Fsp3) is 0.0500. The van der Waals surface area contributed by atoms with Gasteiger partial charge in [0.2, 0.25) is 0 Å². The molecular weight excluding hydrogens is 320 g/mol. The van der Waals surface area contributed by atoms with E-state index in [0.717, 1.165) is 16.2 Å². The molecule has 0 aliphatic carbocycles. The Labute approximate surface area is 141 Å². The smallest absolute Gasteiger partial charge is 0.347 e. The Balaban J connectivity index is 2.02. The Morgan fingerprint density at radius 3 is 2.40 bits per heavy atom. The highest BCUT2D eigenvalue weighted by Gasteiger charge is 2.14. The van der Waals surface area contributed by atoms with Crippen LogP contribution in [0, 0.1) is 0 Å². The summed E-state index contributed by atoms with van der Waals surface area (Å²) in [6, 6.07) is 15.8. The minimum atomic E-state index is -0.776.